The molecular formula is C21H24N4O4. The lowest BCUT2D eigenvalue weighted by Crippen LogP contribution is -2.44. The van der Waals surface area contributed by atoms with Gasteiger partial charge in [0, 0.05) is 12.5 Å². The van der Waals surface area contributed by atoms with Crippen LogP contribution in [0.2, 0.25) is 0 Å². The van der Waals surface area contributed by atoms with Gasteiger partial charge in [0.05, 0.1) is 11.3 Å². The van der Waals surface area contributed by atoms with Crippen molar-refractivity contribution in [3.63, 3.8) is 0 Å². The quantitative estimate of drug-likeness (QED) is 0.676. The van der Waals surface area contributed by atoms with Gasteiger partial charge in [0.1, 0.15) is 23.7 Å². The third-order valence-electron chi connectivity index (χ3n) is 5.45. The van der Waals surface area contributed by atoms with E-state index in [0.29, 0.717) is 29.6 Å². The minimum Gasteiger partial charge on any atom is -0.489 e. The molecule has 1 aliphatic carbocycles. The first-order valence-corrected chi connectivity index (χ1v) is 9.75. The number of carbonyl (C=O) groups excluding carboxylic acids is 1. The zero-order chi connectivity index (χ0) is 20.4. The minimum absolute atomic E-state index is 0.161. The second-order valence-corrected chi connectivity index (χ2v) is 7.50. The van der Waals surface area contributed by atoms with Gasteiger partial charge in [0.2, 0.25) is 5.89 Å². The van der Waals surface area contributed by atoms with E-state index in [1.165, 1.54) is 0 Å². The number of nitrogens with one attached hydrogen (secondary N) is 1. The molecule has 1 saturated carbocycles. The molecule has 0 aliphatic heterocycles. The largest absolute Gasteiger partial charge is 0.489 e. The van der Waals surface area contributed by atoms with Gasteiger partial charge in [-0.05, 0) is 51.0 Å². The van der Waals surface area contributed by atoms with Gasteiger partial charge in [-0.2, -0.15) is 4.98 Å². The van der Waals surface area contributed by atoms with Gasteiger partial charge in [-0.25, -0.2) is 0 Å². The molecule has 1 aromatic carbocycles. The maximum atomic E-state index is 12.9. The molecule has 1 aliphatic rings. The van der Waals surface area contributed by atoms with Crippen molar-refractivity contribution in [2.24, 2.45) is 0 Å². The molecule has 0 radical (unpaired) electrons. The molecule has 1 amide bonds. The van der Waals surface area contributed by atoms with E-state index in [1.54, 1.807) is 31.2 Å². The van der Waals surface area contributed by atoms with Crippen molar-refractivity contribution >= 4 is 5.91 Å². The highest BCUT2D eigenvalue weighted by atomic mass is 16.5. The van der Waals surface area contributed by atoms with Gasteiger partial charge in [-0.3, -0.25) is 4.79 Å². The molecule has 2 aromatic heterocycles. The summed E-state index contributed by atoms with van der Waals surface area (Å²) in [5.41, 5.74) is 1.75. The van der Waals surface area contributed by atoms with Gasteiger partial charge in [-0.1, -0.05) is 23.2 Å². The van der Waals surface area contributed by atoms with Crippen LogP contribution in [0, 0.1) is 20.8 Å². The van der Waals surface area contributed by atoms with Crippen LogP contribution >= 0.6 is 0 Å². The summed E-state index contributed by atoms with van der Waals surface area (Å²) in [5, 5.41) is 11.1. The van der Waals surface area contributed by atoms with E-state index in [4.69, 9.17) is 13.8 Å². The molecule has 0 unspecified atom stereocenters. The first kappa shape index (κ1) is 19.2. The second-order valence-electron chi connectivity index (χ2n) is 7.50. The van der Waals surface area contributed by atoms with Crippen molar-refractivity contribution in [3.05, 3.63) is 58.6 Å². The minimum atomic E-state index is -0.562. The molecule has 3 aromatic rings. The fraction of sp³-hybridized carbons (Fsp3) is 0.429. The average Bonchev–Trinajstić information content (AvgIpc) is 3.43. The first-order valence-electron chi connectivity index (χ1n) is 9.75. The predicted octanol–water partition coefficient (Wildman–Crippen LogP) is 3.76. The molecule has 1 N–H and O–H groups in total. The van der Waals surface area contributed by atoms with E-state index in [0.717, 1.165) is 42.7 Å². The smallest absolute Gasteiger partial charge is 0.252 e. The number of carbonyl (C=O) groups is 1. The molecule has 1 fully saturated rings. The Hall–Kier alpha value is -3.16. The van der Waals surface area contributed by atoms with Gasteiger partial charge >= 0.3 is 0 Å². The van der Waals surface area contributed by atoms with E-state index in [1.807, 2.05) is 13.8 Å². The SMILES string of the molecule is Cc1nc(C2(NC(=O)c3ccc(OCc4c(C)noc4C)cc3)CCCC2)no1. The zero-order valence-electron chi connectivity index (χ0n) is 16.8. The highest BCUT2D eigenvalue weighted by Crippen LogP contribution is 2.37. The third-order valence-corrected chi connectivity index (χ3v) is 5.45. The number of hydrogen-bond donors (Lipinski definition) is 1. The van der Waals surface area contributed by atoms with Gasteiger partial charge < -0.3 is 19.1 Å². The summed E-state index contributed by atoms with van der Waals surface area (Å²) in [4.78, 5) is 17.2. The number of ether oxygens (including phenoxy) is 1. The summed E-state index contributed by atoms with van der Waals surface area (Å²) in [7, 11) is 0. The van der Waals surface area contributed by atoms with Crippen LogP contribution in [0.4, 0.5) is 0 Å². The van der Waals surface area contributed by atoms with E-state index >= 15 is 0 Å². The topological polar surface area (TPSA) is 103 Å². The molecular weight excluding hydrogens is 372 g/mol. The molecule has 152 valence electrons. The molecule has 8 nitrogen and oxygen atoms in total. The maximum absolute atomic E-state index is 12.9. The van der Waals surface area contributed by atoms with Crippen LogP contribution in [0.1, 0.15) is 64.8 Å². The predicted molar refractivity (Wildman–Crippen MR) is 103 cm³/mol. The number of nitrogens with zero attached hydrogens (tertiary/aromatic N) is 3. The van der Waals surface area contributed by atoms with E-state index < -0.39 is 5.54 Å². The zero-order valence-corrected chi connectivity index (χ0v) is 16.8. The Morgan fingerprint density at radius 2 is 1.83 bits per heavy atom. The fourth-order valence-corrected chi connectivity index (χ4v) is 3.73. The highest BCUT2D eigenvalue weighted by molar-refractivity contribution is 5.94. The highest BCUT2D eigenvalue weighted by Gasteiger charge is 2.41. The lowest BCUT2D eigenvalue weighted by atomic mass is 9.96. The molecule has 29 heavy (non-hydrogen) atoms. The van der Waals surface area contributed by atoms with Crippen LogP contribution in [0.15, 0.2) is 33.3 Å². The summed E-state index contributed by atoms with van der Waals surface area (Å²) in [6.45, 7) is 5.86. The molecule has 0 spiro atoms. The van der Waals surface area contributed by atoms with Gasteiger partial charge in [0.25, 0.3) is 5.91 Å². The molecule has 2 heterocycles. The standard InChI is InChI=1S/C21H24N4O4/c1-13-18(14(2)28-24-13)12-27-17-8-6-16(7-9-17)19(26)23-21(10-4-5-11-21)20-22-15(3)29-25-20/h6-9H,4-5,10-12H2,1-3H3,(H,23,26). The van der Waals surface area contributed by atoms with Crippen LogP contribution < -0.4 is 10.1 Å². The number of hydrogen-bond acceptors (Lipinski definition) is 7. The number of aryl methyl sites for hydroxylation is 3. The number of benzene rings is 1. The summed E-state index contributed by atoms with van der Waals surface area (Å²) in [6, 6.07) is 7.07. The van der Waals surface area contributed by atoms with Crippen LogP contribution in [-0.4, -0.2) is 21.2 Å². The van der Waals surface area contributed by atoms with Crippen LogP contribution in [0.25, 0.3) is 0 Å². The van der Waals surface area contributed by atoms with Crippen molar-refractivity contribution in [2.45, 2.75) is 58.6 Å². The van der Waals surface area contributed by atoms with E-state index in [-0.39, 0.29) is 5.91 Å². The van der Waals surface area contributed by atoms with Crippen LogP contribution in [0.5, 0.6) is 5.75 Å². The van der Waals surface area contributed by atoms with Crippen molar-refractivity contribution in [1.82, 2.24) is 20.6 Å². The van der Waals surface area contributed by atoms with Crippen molar-refractivity contribution in [2.75, 3.05) is 0 Å². The second kappa shape index (κ2) is 7.69. The summed E-state index contributed by atoms with van der Waals surface area (Å²) >= 11 is 0. The van der Waals surface area contributed by atoms with Gasteiger partial charge in [0.15, 0.2) is 5.82 Å². The van der Waals surface area contributed by atoms with Gasteiger partial charge in [-0.15, -0.1) is 0 Å². The lowest BCUT2D eigenvalue weighted by Gasteiger charge is -2.26. The molecule has 0 saturated heterocycles. The van der Waals surface area contributed by atoms with E-state index in [9.17, 15) is 4.79 Å². The van der Waals surface area contributed by atoms with Crippen LogP contribution in [0.3, 0.4) is 0 Å². The fourth-order valence-electron chi connectivity index (χ4n) is 3.73. The number of rotatable bonds is 6. The number of amides is 1. The first-order chi connectivity index (χ1) is 14.0. The molecule has 8 heteroatoms. The Morgan fingerprint density at radius 1 is 1.10 bits per heavy atom. The van der Waals surface area contributed by atoms with Crippen molar-refractivity contribution in [1.29, 1.82) is 0 Å². The summed E-state index contributed by atoms with van der Waals surface area (Å²) in [5.74, 6) is 2.31. The molecule has 0 atom stereocenters. The number of aromatic nitrogens is 3. The normalized spacial score (nSPS) is 15.4. The molecule has 4 rings (SSSR count). The lowest BCUT2D eigenvalue weighted by molar-refractivity contribution is 0.0892. The summed E-state index contributed by atoms with van der Waals surface area (Å²) < 4.78 is 16.1. The Labute approximate surface area is 168 Å². The van der Waals surface area contributed by atoms with Crippen molar-refractivity contribution in [3.8, 4) is 5.75 Å². The maximum Gasteiger partial charge on any atom is 0.252 e. The Morgan fingerprint density at radius 3 is 2.41 bits per heavy atom. The Bertz CT molecular complexity index is 981. The molecule has 0 bridgehead atoms. The monoisotopic (exact) mass is 396 g/mol. The van der Waals surface area contributed by atoms with Crippen molar-refractivity contribution < 1.29 is 18.6 Å². The third kappa shape index (κ3) is 3.87. The van der Waals surface area contributed by atoms with E-state index in [2.05, 4.69) is 20.6 Å². The summed E-state index contributed by atoms with van der Waals surface area (Å²) in [6.07, 6.45) is 3.64. The average molecular weight is 396 g/mol. The Kier molecular flexibility index (Phi) is 5.08. The van der Waals surface area contributed by atoms with Crippen LogP contribution in [-0.2, 0) is 12.1 Å². The Balaban J connectivity index is 1.44.